The summed E-state index contributed by atoms with van der Waals surface area (Å²) in [4.78, 5) is 4.25. The Morgan fingerprint density at radius 2 is 2.11 bits per heavy atom. The number of nitrogens with one attached hydrogen (secondary N) is 1. The highest BCUT2D eigenvalue weighted by molar-refractivity contribution is 7.09. The predicted octanol–water partition coefficient (Wildman–Crippen LogP) is 3.66. The average molecular weight is 287 g/mol. The second-order valence-electron chi connectivity index (χ2n) is 4.01. The van der Waals surface area contributed by atoms with Gasteiger partial charge in [0, 0.05) is 5.38 Å². The summed E-state index contributed by atoms with van der Waals surface area (Å²) in [6, 6.07) is 3.26. The molecule has 3 nitrogen and oxygen atoms in total. The molecule has 0 bridgehead atoms. The van der Waals surface area contributed by atoms with Gasteiger partial charge in [-0.25, -0.2) is 4.98 Å². The van der Waals surface area contributed by atoms with Crippen molar-refractivity contribution in [2.45, 2.75) is 19.6 Å². The minimum absolute atomic E-state index is 0.0711. The molecule has 0 atom stereocenters. The quantitative estimate of drug-likeness (QED) is 0.847. The standard InChI is InChI=1S/C12H12F3N3S/c1-7-18-9(6-19-7)5-17-11-3-2-8(4-10(11)16)12(13,14)15/h2-4,6,17H,5,16H2,1H3. The van der Waals surface area contributed by atoms with E-state index in [1.165, 1.54) is 17.4 Å². The summed E-state index contributed by atoms with van der Waals surface area (Å²) in [6.45, 7) is 2.32. The van der Waals surface area contributed by atoms with Crippen molar-refractivity contribution in [3.8, 4) is 0 Å². The number of benzene rings is 1. The van der Waals surface area contributed by atoms with E-state index in [9.17, 15) is 13.2 Å². The molecule has 2 aromatic rings. The normalized spacial score (nSPS) is 11.6. The average Bonchev–Trinajstić information content (AvgIpc) is 2.72. The molecule has 0 radical (unpaired) electrons. The number of hydrogen-bond acceptors (Lipinski definition) is 4. The molecule has 19 heavy (non-hydrogen) atoms. The maximum Gasteiger partial charge on any atom is 0.416 e. The molecule has 1 heterocycles. The molecular weight excluding hydrogens is 275 g/mol. The Kier molecular flexibility index (Phi) is 3.66. The molecule has 2 rings (SSSR count). The van der Waals surface area contributed by atoms with Crippen LogP contribution in [0.2, 0.25) is 0 Å². The zero-order valence-electron chi connectivity index (χ0n) is 10.1. The summed E-state index contributed by atoms with van der Waals surface area (Å²) in [7, 11) is 0. The lowest BCUT2D eigenvalue weighted by atomic mass is 10.1. The van der Waals surface area contributed by atoms with Gasteiger partial charge in [-0.15, -0.1) is 11.3 Å². The molecule has 0 aliphatic rings. The Labute approximate surface area is 112 Å². The van der Waals surface area contributed by atoms with Gasteiger partial charge in [0.25, 0.3) is 0 Å². The fourth-order valence-electron chi connectivity index (χ4n) is 1.58. The van der Waals surface area contributed by atoms with Gasteiger partial charge in [0.1, 0.15) is 0 Å². The van der Waals surface area contributed by atoms with Crippen LogP contribution in [0.3, 0.4) is 0 Å². The number of hydrogen-bond donors (Lipinski definition) is 2. The maximum absolute atomic E-state index is 12.5. The minimum Gasteiger partial charge on any atom is -0.397 e. The molecule has 0 saturated heterocycles. The van der Waals surface area contributed by atoms with Gasteiger partial charge in [0.05, 0.1) is 34.2 Å². The summed E-state index contributed by atoms with van der Waals surface area (Å²) in [6.07, 6.45) is -4.38. The molecule has 0 unspecified atom stereocenters. The lowest BCUT2D eigenvalue weighted by Crippen LogP contribution is -2.08. The first-order chi connectivity index (χ1) is 8.86. The van der Waals surface area contributed by atoms with E-state index < -0.39 is 11.7 Å². The largest absolute Gasteiger partial charge is 0.416 e. The van der Waals surface area contributed by atoms with Crippen LogP contribution in [-0.4, -0.2) is 4.98 Å². The van der Waals surface area contributed by atoms with Crippen molar-refractivity contribution in [3.63, 3.8) is 0 Å². The van der Waals surface area contributed by atoms with Crippen molar-refractivity contribution in [2.24, 2.45) is 0 Å². The second-order valence-corrected chi connectivity index (χ2v) is 5.07. The monoisotopic (exact) mass is 287 g/mol. The number of nitrogens with zero attached hydrogens (tertiary/aromatic N) is 1. The van der Waals surface area contributed by atoms with Gasteiger partial charge in [-0.2, -0.15) is 13.2 Å². The number of halogens is 3. The van der Waals surface area contributed by atoms with E-state index in [0.717, 1.165) is 22.8 Å². The van der Waals surface area contributed by atoms with Crippen molar-refractivity contribution in [1.29, 1.82) is 0 Å². The molecule has 1 aromatic carbocycles. The van der Waals surface area contributed by atoms with E-state index in [-0.39, 0.29) is 5.69 Å². The molecule has 102 valence electrons. The Bertz CT molecular complexity index is 578. The zero-order valence-corrected chi connectivity index (χ0v) is 10.9. The van der Waals surface area contributed by atoms with Gasteiger partial charge in [0.15, 0.2) is 0 Å². The van der Waals surface area contributed by atoms with Crippen LogP contribution in [0.4, 0.5) is 24.5 Å². The zero-order chi connectivity index (χ0) is 14.0. The Morgan fingerprint density at radius 1 is 1.37 bits per heavy atom. The lowest BCUT2D eigenvalue weighted by Gasteiger charge is -2.11. The van der Waals surface area contributed by atoms with Crippen molar-refractivity contribution >= 4 is 22.7 Å². The molecule has 0 saturated carbocycles. The summed E-state index contributed by atoms with van der Waals surface area (Å²) in [5.41, 5.74) is 6.23. The summed E-state index contributed by atoms with van der Waals surface area (Å²) in [5.74, 6) is 0. The minimum atomic E-state index is -4.38. The van der Waals surface area contributed by atoms with E-state index in [1.54, 1.807) is 0 Å². The number of alkyl halides is 3. The van der Waals surface area contributed by atoms with E-state index in [0.29, 0.717) is 12.2 Å². The molecule has 0 aliphatic carbocycles. The van der Waals surface area contributed by atoms with Gasteiger partial charge >= 0.3 is 6.18 Å². The van der Waals surface area contributed by atoms with Crippen LogP contribution >= 0.6 is 11.3 Å². The van der Waals surface area contributed by atoms with Crippen LogP contribution in [0, 0.1) is 6.92 Å². The first-order valence-corrected chi connectivity index (χ1v) is 6.36. The number of thiazole rings is 1. The highest BCUT2D eigenvalue weighted by Crippen LogP contribution is 2.32. The molecule has 7 heteroatoms. The lowest BCUT2D eigenvalue weighted by molar-refractivity contribution is -0.137. The SMILES string of the molecule is Cc1nc(CNc2ccc(C(F)(F)F)cc2N)cs1. The number of anilines is 2. The number of aromatic nitrogens is 1. The smallest absolute Gasteiger partial charge is 0.397 e. The fourth-order valence-corrected chi connectivity index (χ4v) is 2.19. The molecule has 1 aromatic heterocycles. The third-order valence-corrected chi connectivity index (χ3v) is 3.33. The van der Waals surface area contributed by atoms with Gasteiger partial charge in [-0.3, -0.25) is 0 Å². The Balaban J connectivity index is 2.09. The van der Waals surface area contributed by atoms with Crippen LogP contribution in [0.5, 0.6) is 0 Å². The van der Waals surface area contributed by atoms with Crippen LogP contribution in [0.15, 0.2) is 23.6 Å². The van der Waals surface area contributed by atoms with Crippen LogP contribution in [0.25, 0.3) is 0 Å². The Hall–Kier alpha value is -1.76. The molecular formula is C12H12F3N3S. The van der Waals surface area contributed by atoms with Crippen LogP contribution in [-0.2, 0) is 12.7 Å². The Morgan fingerprint density at radius 3 is 2.63 bits per heavy atom. The predicted molar refractivity (Wildman–Crippen MR) is 70.0 cm³/mol. The number of nitrogen functional groups attached to an aromatic ring is 1. The van der Waals surface area contributed by atoms with Crippen molar-refractivity contribution in [1.82, 2.24) is 4.98 Å². The first-order valence-electron chi connectivity index (χ1n) is 5.48. The number of rotatable bonds is 3. The molecule has 0 aliphatic heterocycles. The van der Waals surface area contributed by atoms with Crippen molar-refractivity contribution < 1.29 is 13.2 Å². The van der Waals surface area contributed by atoms with Gasteiger partial charge in [-0.05, 0) is 25.1 Å². The highest BCUT2D eigenvalue weighted by atomic mass is 32.1. The summed E-state index contributed by atoms with van der Waals surface area (Å²) in [5, 5.41) is 5.81. The van der Waals surface area contributed by atoms with Gasteiger partial charge in [0.2, 0.25) is 0 Å². The number of aryl methyl sites for hydroxylation is 1. The van der Waals surface area contributed by atoms with Crippen molar-refractivity contribution in [2.75, 3.05) is 11.1 Å². The molecule has 3 N–H and O–H groups in total. The van der Waals surface area contributed by atoms with Gasteiger partial charge in [-0.1, -0.05) is 0 Å². The fraction of sp³-hybridized carbons (Fsp3) is 0.250. The van der Waals surface area contributed by atoms with E-state index in [1.807, 2.05) is 12.3 Å². The number of nitrogens with two attached hydrogens (primary N) is 1. The van der Waals surface area contributed by atoms with E-state index in [4.69, 9.17) is 5.73 Å². The topological polar surface area (TPSA) is 50.9 Å². The van der Waals surface area contributed by atoms with Crippen molar-refractivity contribution in [3.05, 3.63) is 39.8 Å². The third kappa shape index (κ3) is 3.37. The highest BCUT2D eigenvalue weighted by Gasteiger charge is 2.30. The van der Waals surface area contributed by atoms with Gasteiger partial charge < -0.3 is 11.1 Å². The maximum atomic E-state index is 12.5. The van der Waals surface area contributed by atoms with Crippen LogP contribution in [0.1, 0.15) is 16.3 Å². The first kappa shape index (κ1) is 13.7. The summed E-state index contributed by atoms with van der Waals surface area (Å²) >= 11 is 1.52. The van der Waals surface area contributed by atoms with Crippen LogP contribution < -0.4 is 11.1 Å². The summed E-state index contributed by atoms with van der Waals surface area (Å²) < 4.78 is 37.4. The third-order valence-electron chi connectivity index (χ3n) is 2.51. The second kappa shape index (κ2) is 5.08. The van der Waals surface area contributed by atoms with E-state index in [2.05, 4.69) is 10.3 Å². The van der Waals surface area contributed by atoms with E-state index >= 15 is 0 Å². The molecule has 0 spiro atoms. The molecule has 0 amide bonds. The molecule has 0 fully saturated rings.